The van der Waals surface area contributed by atoms with E-state index in [0.29, 0.717) is 18.2 Å². The first-order valence-electron chi connectivity index (χ1n) is 8.93. The van der Waals surface area contributed by atoms with Crippen molar-refractivity contribution in [3.8, 4) is 0 Å². The Morgan fingerprint density at radius 1 is 1.36 bits per heavy atom. The first-order valence-corrected chi connectivity index (χ1v) is 9.92. The standard InChI is InChI=1S/C19H26N4OS/c1-5-9-22-13(3)11-16(14(22)4)17(24)12-25-19-21-20-18(15-7-8-15)23(19)10-6-2/h6,11,15H,2,5,7-10,12H2,1,3-4H3. The predicted molar refractivity (Wildman–Crippen MR) is 101 cm³/mol. The van der Waals surface area contributed by atoms with Crippen molar-refractivity contribution >= 4 is 17.5 Å². The summed E-state index contributed by atoms with van der Waals surface area (Å²) in [6.45, 7) is 11.7. The van der Waals surface area contributed by atoms with Crippen molar-refractivity contribution in [2.24, 2.45) is 0 Å². The largest absolute Gasteiger partial charge is 0.348 e. The van der Waals surface area contributed by atoms with Crippen LogP contribution in [0.25, 0.3) is 0 Å². The monoisotopic (exact) mass is 358 g/mol. The molecule has 2 aromatic heterocycles. The van der Waals surface area contributed by atoms with Gasteiger partial charge in [-0.15, -0.1) is 16.8 Å². The average Bonchev–Trinajstić information content (AvgIpc) is 3.30. The number of hydrogen-bond donors (Lipinski definition) is 0. The van der Waals surface area contributed by atoms with Crippen molar-refractivity contribution in [1.29, 1.82) is 0 Å². The lowest BCUT2D eigenvalue weighted by atomic mass is 10.2. The molecule has 0 N–H and O–H groups in total. The van der Waals surface area contributed by atoms with Crippen LogP contribution in [-0.2, 0) is 13.1 Å². The summed E-state index contributed by atoms with van der Waals surface area (Å²) in [6.07, 6.45) is 5.29. The van der Waals surface area contributed by atoms with Crippen molar-refractivity contribution in [2.45, 2.75) is 64.2 Å². The van der Waals surface area contributed by atoms with Gasteiger partial charge in [0.15, 0.2) is 10.9 Å². The summed E-state index contributed by atoms with van der Waals surface area (Å²) in [7, 11) is 0. The van der Waals surface area contributed by atoms with E-state index in [0.717, 1.165) is 40.9 Å². The molecule has 6 heteroatoms. The van der Waals surface area contributed by atoms with Gasteiger partial charge in [0.2, 0.25) is 0 Å². The molecule has 0 saturated heterocycles. The van der Waals surface area contributed by atoms with Gasteiger partial charge >= 0.3 is 0 Å². The number of allylic oxidation sites excluding steroid dienone is 1. The minimum Gasteiger partial charge on any atom is -0.348 e. The smallest absolute Gasteiger partial charge is 0.191 e. The van der Waals surface area contributed by atoms with Gasteiger partial charge in [-0.3, -0.25) is 4.79 Å². The molecule has 0 amide bonds. The second-order valence-electron chi connectivity index (χ2n) is 6.66. The van der Waals surface area contributed by atoms with Crippen LogP contribution >= 0.6 is 11.8 Å². The van der Waals surface area contributed by atoms with Gasteiger partial charge in [0.1, 0.15) is 5.82 Å². The van der Waals surface area contributed by atoms with Gasteiger partial charge < -0.3 is 9.13 Å². The van der Waals surface area contributed by atoms with Crippen LogP contribution in [0.15, 0.2) is 23.9 Å². The first-order chi connectivity index (χ1) is 12.1. The van der Waals surface area contributed by atoms with Crippen molar-refractivity contribution in [1.82, 2.24) is 19.3 Å². The fraction of sp³-hybridized carbons (Fsp3) is 0.526. The molecule has 0 bridgehead atoms. The number of ketones is 1. The molecule has 134 valence electrons. The molecule has 1 saturated carbocycles. The second kappa shape index (κ2) is 7.60. The molecule has 1 fully saturated rings. The van der Waals surface area contributed by atoms with Crippen molar-refractivity contribution in [3.05, 3.63) is 41.5 Å². The fourth-order valence-corrected chi connectivity index (χ4v) is 4.05. The molecule has 25 heavy (non-hydrogen) atoms. The maximum atomic E-state index is 12.7. The Balaban J connectivity index is 1.72. The van der Waals surface area contributed by atoms with E-state index >= 15 is 0 Å². The lowest BCUT2D eigenvalue weighted by Crippen LogP contribution is -2.08. The van der Waals surface area contributed by atoms with E-state index < -0.39 is 0 Å². The quantitative estimate of drug-likeness (QED) is 0.384. The number of carbonyl (C=O) groups is 1. The van der Waals surface area contributed by atoms with E-state index in [9.17, 15) is 4.79 Å². The molecule has 0 unspecified atom stereocenters. The Morgan fingerprint density at radius 2 is 2.12 bits per heavy atom. The van der Waals surface area contributed by atoms with E-state index in [1.165, 1.54) is 24.6 Å². The molecule has 0 radical (unpaired) electrons. The fourth-order valence-electron chi connectivity index (χ4n) is 3.21. The Labute approximate surface area is 153 Å². The molecule has 2 aromatic rings. The average molecular weight is 359 g/mol. The van der Waals surface area contributed by atoms with Gasteiger partial charge in [0, 0.05) is 36.0 Å². The Kier molecular flexibility index (Phi) is 5.47. The highest BCUT2D eigenvalue weighted by atomic mass is 32.2. The molecule has 0 aromatic carbocycles. The summed E-state index contributed by atoms with van der Waals surface area (Å²) < 4.78 is 4.33. The van der Waals surface area contributed by atoms with Gasteiger partial charge in [0.25, 0.3) is 0 Å². The van der Waals surface area contributed by atoms with Crippen molar-refractivity contribution < 1.29 is 4.79 Å². The van der Waals surface area contributed by atoms with Crippen molar-refractivity contribution in [3.63, 3.8) is 0 Å². The zero-order chi connectivity index (χ0) is 18.0. The van der Waals surface area contributed by atoms with Crippen LogP contribution in [-0.4, -0.2) is 30.9 Å². The van der Waals surface area contributed by atoms with Crippen LogP contribution in [0.3, 0.4) is 0 Å². The number of hydrogen-bond acceptors (Lipinski definition) is 4. The Bertz CT molecular complexity index is 786. The SMILES string of the molecule is C=CCn1c(SCC(=O)c2cc(C)n(CCC)c2C)nnc1C1CC1. The number of rotatable bonds is 9. The third-order valence-electron chi connectivity index (χ3n) is 4.65. The predicted octanol–water partition coefficient (Wildman–Crippen LogP) is 4.14. The molecule has 1 aliphatic carbocycles. The molecule has 0 aliphatic heterocycles. The Hall–Kier alpha value is -1.82. The number of carbonyl (C=O) groups excluding carboxylic acids is 1. The molecular weight excluding hydrogens is 332 g/mol. The summed E-state index contributed by atoms with van der Waals surface area (Å²) in [5.41, 5.74) is 3.05. The van der Waals surface area contributed by atoms with Gasteiger partial charge in [-0.2, -0.15) is 0 Å². The summed E-state index contributed by atoms with van der Waals surface area (Å²) in [5.74, 6) is 2.11. The van der Waals surface area contributed by atoms with Crippen LogP contribution in [0, 0.1) is 13.8 Å². The Morgan fingerprint density at radius 3 is 2.76 bits per heavy atom. The lowest BCUT2D eigenvalue weighted by Gasteiger charge is -2.08. The zero-order valence-electron chi connectivity index (χ0n) is 15.3. The summed E-state index contributed by atoms with van der Waals surface area (Å²) in [4.78, 5) is 12.7. The van der Waals surface area contributed by atoms with Gasteiger partial charge in [0.05, 0.1) is 5.75 Å². The van der Waals surface area contributed by atoms with E-state index in [-0.39, 0.29) is 5.78 Å². The van der Waals surface area contributed by atoms with Gasteiger partial charge in [-0.25, -0.2) is 0 Å². The zero-order valence-corrected chi connectivity index (χ0v) is 16.1. The molecular formula is C19H26N4OS. The highest BCUT2D eigenvalue weighted by molar-refractivity contribution is 7.99. The van der Waals surface area contributed by atoms with Gasteiger partial charge in [-0.05, 0) is 39.2 Å². The highest BCUT2D eigenvalue weighted by Gasteiger charge is 2.30. The topological polar surface area (TPSA) is 52.7 Å². The van der Waals surface area contributed by atoms with E-state index in [1.807, 2.05) is 19.1 Å². The number of aryl methyl sites for hydroxylation is 1. The number of Topliss-reactive ketones (excluding diaryl/α,β-unsaturated/α-hetero) is 1. The molecule has 0 spiro atoms. The van der Waals surface area contributed by atoms with Crippen LogP contribution in [0.1, 0.15) is 59.7 Å². The molecule has 1 aliphatic rings. The third-order valence-corrected chi connectivity index (χ3v) is 5.62. The van der Waals surface area contributed by atoms with Crippen LogP contribution in [0.2, 0.25) is 0 Å². The normalized spacial score (nSPS) is 14.0. The van der Waals surface area contributed by atoms with E-state index in [2.05, 4.69) is 39.8 Å². The van der Waals surface area contributed by atoms with Crippen LogP contribution in [0.4, 0.5) is 0 Å². The van der Waals surface area contributed by atoms with E-state index in [4.69, 9.17) is 0 Å². The first kappa shape index (κ1) is 18.0. The maximum Gasteiger partial charge on any atom is 0.191 e. The minimum atomic E-state index is 0.154. The second-order valence-corrected chi connectivity index (χ2v) is 7.61. The van der Waals surface area contributed by atoms with Crippen LogP contribution < -0.4 is 0 Å². The minimum absolute atomic E-state index is 0.154. The number of aromatic nitrogens is 4. The highest BCUT2D eigenvalue weighted by Crippen LogP contribution is 2.40. The molecule has 3 rings (SSSR count). The summed E-state index contributed by atoms with van der Waals surface area (Å²) in [5, 5.41) is 9.46. The lowest BCUT2D eigenvalue weighted by molar-refractivity contribution is 0.102. The van der Waals surface area contributed by atoms with Crippen LogP contribution in [0.5, 0.6) is 0 Å². The molecule has 5 nitrogen and oxygen atoms in total. The third kappa shape index (κ3) is 3.73. The molecule has 0 atom stereocenters. The summed E-state index contributed by atoms with van der Waals surface area (Å²) >= 11 is 1.48. The van der Waals surface area contributed by atoms with E-state index in [1.54, 1.807) is 0 Å². The molecule has 2 heterocycles. The number of thioether (sulfide) groups is 1. The summed E-state index contributed by atoms with van der Waals surface area (Å²) in [6, 6.07) is 2.01. The number of nitrogens with zero attached hydrogens (tertiary/aromatic N) is 4. The van der Waals surface area contributed by atoms with Gasteiger partial charge in [-0.1, -0.05) is 24.8 Å². The maximum absolute atomic E-state index is 12.7. The van der Waals surface area contributed by atoms with Crippen molar-refractivity contribution in [2.75, 3.05) is 5.75 Å².